The number of methoxy groups -OCH3 is 2. The molecular formula is C25H25FN2O2. The Labute approximate surface area is 176 Å². The van der Waals surface area contributed by atoms with Gasteiger partial charge < -0.3 is 15.2 Å². The van der Waals surface area contributed by atoms with Crippen molar-refractivity contribution in [1.29, 1.82) is 0 Å². The quantitative estimate of drug-likeness (QED) is 0.422. The van der Waals surface area contributed by atoms with Crippen molar-refractivity contribution in [3.63, 3.8) is 0 Å². The molecule has 1 aliphatic carbocycles. The molecule has 4 nitrogen and oxygen atoms in total. The molecule has 2 N–H and O–H groups in total. The molecule has 2 aromatic carbocycles. The van der Waals surface area contributed by atoms with Crippen LogP contribution in [0.3, 0.4) is 0 Å². The van der Waals surface area contributed by atoms with E-state index in [2.05, 4.69) is 18.0 Å². The summed E-state index contributed by atoms with van der Waals surface area (Å²) in [5, 5.41) is 0. The number of hydrogen-bond donors (Lipinski definition) is 1. The lowest BCUT2D eigenvalue weighted by molar-refractivity contribution is 0.397. The first-order chi connectivity index (χ1) is 14.4. The van der Waals surface area contributed by atoms with Gasteiger partial charge in [-0.1, -0.05) is 31.2 Å². The Kier molecular flexibility index (Phi) is 5.20. The molecule has 30 heavy (non-hydrogen) atoms. The number of pyridine rings is 1. The molecule has 0 saturated heterocycles. The highest BCUT2D eigenvalue weighted by Crippen LogP contribution is 2.53. The summed E-state index contributed by atoms with van der Waals surface area (Å²) in [5.41, 5.74) is 11.1. The average Bonchev–Trinajstić information content (AvgIpc) is 3.51. The molecular weight excluding hydrogens is 379 g/mol. The molecule has 154 valence electrons. The molecule has 0 spiro atoms. The van der Waals surface area contributed by atoms with Crippen molar-refractivity contribution in [3.8, 4) is 22.8 Å². The number of nitrogens with zero attached hydrogens (tertiary/aromatic N) is 1. The Bertz CT molecular complexity index is 1100. The first kappa shape index (κ1) is 20.0. The number of halogens is 1. The lowest BCUT2D eigenvalue weighted by Gasteiger charge is -2.19. The van der Waals surface area contributed by atoms with E-state index in [1.165, 1.54) is 13.2 Å². The van der Waals surface area contributed by atoms with Crippen molar-refractivity contribution >= 4 is 17.8 Å². The summed E-state index contributed by atoms with van der Waals surface area (Å²) in [6, 6.07) is 13.2. The molecule has 0 aliphatic heterocycles. The zero-order valence-corrected chi connectivity index (χ0v) is 17.4. The minimum atomic E-state index is -0.403. The Balaban J connectivity index is 1.87. The van der Waals surface area contributed by atoms with E-state index >= 15 is 0 Å². The van der Waals surface area contributed by atoms with Gasteiger partial charge in [0.2, 0.25) is 5.88 Å². The highest BCUT2D eigenvalue weighted by atomic mass is 19.1. The number of nitrogen functional groups attached to an aromatic ring is 1. The number of hydrogen-bond acceptors (Lipinski definition) is 4. The molecule has 0 bridgehead atoms. The van der Waals surface area contributed by atoms with Crippen molar-refractivity contribution in [2.75, 3.05) is 20.0 Å². The van der Waals surface area contributed by atoms with Gasteiger partial charge >= 0.3 is 0 Å². The zero-order valence-electron chi connectivity index (χ0n) is 17.4. The summed E-state index contributed by atoms with van der Waals surface area (Å²) >= 11 is 0. The molecule has 1 aromatic heterocycles. The van der Waals surface area contributed by atoms with Crippen LogP contribution in [0.1, 0.15) is 36.5 Å². The lowest BCUT2D eigenvalue weighted by Crippen LogP contribution is -2.05. The third kappa shape index (κ3) is 3.88. The number of rotatable bonds is 6. The maximum absolute atomic E-state index is 14.0. The van der Waals surface area contributed by atoms with Gasteiger partial charge in [0, 0.05) is 22.4 Å². The van der Waals surface area contributed by atoms with Crippen molar-refractivity contribution in [3.05, 3.63) is 71.2 Å². The summed E-state index contributed by atoms with van der Waals surface area (Å²) < 4.78 is 25.2. The van der Waals surface area contributed by atoms with Gasteiger partial charge in [-0.2, -0.15) is 0 Å². The van der Waals surface area contributed by atoms with E-state index in [0.717, 1.165) is 52.7 Å². The monoisotopic (exact) mass is 404 g/mol. The van der Waals surface area contributed by atoms with Crippen molar-refractivity contribution in [2.24, 2.45) is 0 Å². The van der Waals surface area contributed by atoms with Crippen molar-refractivity contribution in [2.45, 2.75) is 25.2 Å². The second-order valence-electron chi connectivity index (χ2n) is 7.92. The number of benzene rings is 2. The minimum Gasteiger partial charge on any atom is -0.496 e. The van der Waals surface area contributed by atoms with Gasteiger partial charge in [-0.15, -0.1) is 0 Å². The zero-order chi connectivity index (χ0) is 21.3. The third-order valence-electron chi connectivity index (χ3n) is 5.69. The standard InChI is InChI=1S/C25H25FN2O2/c1-25(10-11-25)22-13-18(21-14-19(26)15-28-24(21)30-3)12-17(23(22)29-2)7-4-16-5-8-20(27)9-6-16/h4-9,12-15H,10-11,27H2,1-3H3/b7-4+. The van der Waals surface area contributed by atoms with Gasteiger partial charge in [0.15, 0.2) is 0 Å². The summed E-state index contributed by atoms with van der Waals surface area (Å²) in [6.07, 6.45) is 7.37. The van der Waals surface area contributed by atoms with Crippen LogP contribution in [0, 0.1) is 5.82 Å². The Morgan fingerprint density at radius 3 is 2.40 bits per heavy atom. The maximum atomic E-state index is 14.0. The van der Waals surface area contributed by atoms with Gasteiger partial charge in [-0.05, 0) is 59.7 Å². The van der Waals surface area contributed by atoms with Crippen LogP contribution in [0.4, 0.5) is 10.1 Å². The van der Waals surface area contributed by atoms with Gasteiger partial charge in [0.25, 0.3) is 0 Å². The van der Waals surface area contributed by atoms with E-state index in [0.29, 0.717) is 11.4 Å². The molecule has 0 atom stereocenters. The van der Waals surface area contributed by atoms with Gasteiger partial charge in [0.1, 0.15) is 11.6 Å². The fourth-order valence-corrected chi connectivity index (χ4v) is 3.65. The van der Waals surface area contributed by atoms with Crippen molar-refractivity contribution in [1.82, 2.24) is 4.98 Å². The van der Waals surface area contributed by atoms with Gasteiger partial charge in [0.05, 0.1) is 20.4 Å². The highest BCUT2D eigenvalue weighted by molar-refractivity contribution is 5.80. The van der Waals surface area contributed by atoms with Crippen molar-refractivity contribution < 1.29 is 13.9 Å². The smallest absolute Gasteiger partial charge is 0.221 e. The van der Waals surface area contributed by atoms with Crippen LogP contribution in [-0.2, 0) is 5.41 Å². The van der Waals surface area contributed by atoms with Gasteiger partial charge in [-0.3, -0.25) is 0 Å². The average molecular weight is 404 g/mol. The third-order valence-corrected chi connectivity index (χ3v) is 5.69. The lowest BCUT2D eigenvalue weighted by atomic mass is 9.90. The topological polar surface area (TPSA) is 57.4 Å². The van der Waals surface area contributed by atoms with E-state index in [1.807, 2.05) is 42.5 Å². The largest absolute Gasteiger partial charge is 0.496 e. The molecule has 0 unspecified atom stereocenters. The molecule has 3 aromatic rings. The predicted octanol–water partition coefficient (Wildman–Crippen LogP) is 5.71. The Hall–Kier alpha value is -3.34. The van der Waals surface area contributed by atoms with E-state index in [9.17, 15) is 4.39 Å². The summed E-state index contributed by atoms with van der Waals surface area (Å²) in [7, 11) is 3.23. The number of aromatic nitrogens is 1. The number of nitrogens with two attached hydrogens (primary N) is 1. The van der Waals surface area contributed by atoms with Crippen LogP contribution in [0.25, 0.3) is 23.3 Å². The Morgan fingerprint density at radius 1 is 1.03 bits per heavy atom. The van der Waals surface area contributed by atoms with E-state index < -0.39 is 5.82 Å². The number of anilines is 1. The molecule has 5 heteroatoms. The van der Waals surface area contributed by atoms with E-state index in [1.54, 1.807) is 7.11 Å². The molecule has 0 radical (unpaired) electrons. The van der Waals surface area contributed by atoms with E-state index in [-0.39, 0.29) is 5.41 Å². The fourth-order valence-electron chi connectivity index (χ4n) is 3.65. The normalized spacial score (nSPS) is 14.7. The number of ether oxygens (including phenoxy) is 2. The predicted molar refractivity (Wildman–Crippen MR) is 119 cm³/mol. The molecule has 4 rings (SSSR count). The highest BCUT2D eigenvalue weighted by Gasteiger charge is 2.42. The van der Waals surface area contributed by atoms with Crippen LogP contribution < -0.4 is 15.2 Å². The van der Waals surface area contributed by atoms with Crippen LogP contribution >= 0.6 is 0 Å². The summed E-state index contributed by atoms with van der Waals surface area (Å²) in [5.74, 6) is 0.829. The van der Waals surface area contributed by atoms with Crippen LogP contribution in [0.2, 0.25) is 0 Å². The first-order valence-electron chi connectivity index (χ1n) is 9.89. The fraction of sp³-hybridized carbons (Fsp3) is 0.240. The Morgan fingerprint density at radius 2 is 1.77 bits per heavy atom. The molecule has 1 fully saturated rings. The maximum Gasteiger partial charge on any atom is 0.221 e. The molecule has 1 aliphatic rings. The summed E-state index contributed by atoms with van der Waals surface area (Å²) in [4.78, 5) is 4.10. The second kappa shape index (κ2) is 7.82. The molecule has 0 amide bonds. The SMILES string of the molecule is COc1ncc(F)cc1-c1cc(/C=C/c2ccc(N)cc2)c(OC)c(C2(C)CC2)c1. The van der Waals surface area contributed by atoms with Crippen LogP contribution in [0.5, 0.6) is 11.6 Å². The minimum absolute atomic E-state index is 0.0547. The summed E-state index contributed by atoms with van der Waals surface area (Å²) in [6.45, 7) is 2.23. The van der Waals surface area contributed by atoms with Crippen LogP contribution in [-0.4, -0.2) is 19.2 Å². The van der Waals surface area contributed by atoms with E-state index in [4.69, 9.17) is 15.2 Å². The van der Waals surface area contributed by atoms with Crippen LogP contribution in [0.15, 0.2) is 48.7 Å². The first-order valence-corrected chi connectivity index (χ1v) is 9.89. The second-order valence-corrected chi connectivity index (χ2v) is 7.92. The van der Waals surface area contributed by atoms with Gasteiger partial charge in [-0.25, -0.2) is 9.37 Å². The molecule has 1 heterocycles. The molecule has 1 saturated carbocycles.